The molecule has 0 heterocycles. The molecule has 0 aliphatic rings. The van der Waals surface area contributed by atoms with Gasteiger partial charge in [-0.3, -0.25) is 4.79 Å². The van der Waals surface area contributed by atoms with E-state index in [9.17, 15) is 14.7 Å². The number of carbonyl (C=O) groups is 2. The molecule has 0 fully saturated rings. The summed E-state index contributed by atoms with van der Waals surface area (Å²) < 4.78 is 9.84. The van der Waals surface area contributed by atoms with Crippen LogP contribution in [0.5, 0.6) is 0 Å². The Kier molecular flexibility index (Phi) is 7.54. The van der Waals surface area contributed by atoms with E-state index in [0.717, 1.165) is 0 Å². The number of carbonyl (C=O) groups excluding carboxylic acids is 2. The van der Waals surface area contributed by atoms with Crippen LogP contribution in [0.25, 0.3) is 0 Å². The van der Waals surface area contributed by atoms with Gasteiger partial charge in [0, 0.05) is 0 Å². The standard InChI is InChI=1S/C12H22O5/c1-5-8(3)16-11(14)7-10(13)12(15)17-9(4)6-2/h8-10,13H,5-7H2,1-4H3/t8-,9+,10+/m1/s1. The van der Waals surface area contributed by atoms with Crippen LogP contribution in [-0.4, -0.2) is 35.4 Å². The average molecular weight is 246 g/mol. The average Bonchev–Trinajstić information content (AvgIpc) is 2.28. The number of hydrogen-bond donors (Lipinski definition) is 1. The van der Waals surface area contributed by atoms with Gasteiger partial charge in [-0.05, 0) is 26.7 Å². The number of aliphatic hydroxyl groups excluding tert-OH is 1. The minimum atomic E-state index is -1.44. The summed E-state index contributed by atoms with van der Waals surface area (Å²) in [7, 11) is 0. The zero-order chi connectivity index (χ0) is 13.4. The van der Waals surface area contributed by atoms with Gasteiger partial charge in [-0.15, -0.1) is 0 Å². The van der Waals surface area contributed by atoms with Crippen molar-refractivity contribution >= 4 is 11.9 Å². The lowest BCUT2D eigenvalue weighted by molar-refractivity contribution is -0.165. The Morgan fingerprint density at radius 1 is 1.06 bits per heavy atom. The van der Waals surface area contributed by atoms with Gasteiger partial charge in [0.2, 0.25) is 0 Å². The van der Waals surface area contributed by atoms with Crippen molar-refractivity contribution < 1.29 is 24.2 Å². The second-order valence-electron chi connectivity index (χ2n) is 4.08. The van der Waals surface area contributed by atoms with Crippen molar-refractivity contribution in [1.82, 2.24) is 0 Å². The van der Waals surface area contributed by atoms with E-state index in [1.54, 1.807) is 13.8 Å². The topological polar surface area (TPSA) is 72.8 Å². The molecule has 17 heavy (non-hydrogen) atoms. The molecule has 5 nitrogen and oxygen atoms in total. The van der Waals surface area contributed by atoms with Crippen LogP contribution >= 0.6 is 0 Å². The highest BCUT2D eigenvalue weighted by atomic mass is 16.6. The van der Waals surface area contributed by atoms with Crippen molar-refractivity contribution in [2.24, 2.45) is 0 Å². The van der Waals surface area contributed by atoms with E-state index in [2.05, 4.69) is 0 Å². The summed E-state index contributed by atoms with van der Waals surface area (Å²) in [5, 5.41) is 9.44. The largest absolute Gasteiger partial charge is 0.463 e. The minimum absolute atomic E-state index is 0.208. The molecule has 100 valence electrons. The fraction of sp³-hybridized carbons (Fsp3) is 0.833. The lowest BCUT2D eigenvalue weighted by atomic mass is 10.2. The summed E-state index contributed by atoms with van der Waals surface area (Å²) in [4.78, 5) is 22.6. The molecule has 0 unspecified atom stereocenters. The van der Waals surface area contributed by atoms with E-state index >= 15 is 0 Å². The molecule has 0 saturated heterocycles. The maximum Gasteiger partial charge on any atom is 0.335 e. The second-order valence-corrected chi connectivity index (χ2v) is 4.08. The van der Waals surface area contributed by atoms with Crippen molar-refractivity contribution in [2.75, 3.05) is 0 Å². The second kappa shape index (κ2) is 8.06. The van der Waals surface area contributed by atoms with Crippen LogP contribution in [0.15, 0.2) is 0 Å². The Balaban J connectivity index is 4.03. The Hall–Kier alpha value is -1.10. The van der Waals surface area contributed by atoms with E-state index in [-0.39, 0.29) is 18.6 Å². The Morgan fingerprint density at radius 2 is 1.53 bits per heavy atom. The number of ether oxygens (including phenoxy) is 2. The van der Waals surface area contributed by atoms with Gasteiger partial charge in [-0.25, -0.2) is 4.79 Å². The Bertz CT molecular complexity index is 251. The van der Waals surface area contributed by atoms with Gasteiger partial charge in [0.15, 0.2) is 6.10 Å². The molecule has 0 spiro atoms. The summed E-state index contributed by atoms with van der Waals surface area (Å²) in [6.45, 7) is 7.22. The van der Waals surface area contributed by atoms with E-state index in [1.807, 2.05) is 13.8 Å². The molecule has 1 N–H and O–H groups in total. The zero-order valence-corrected chi connectivity index (χ0v) is 10.9. The van der Waals surface area contributed by atoms with E-state index in [4.69, 9.17) is 9.47 Å². The molecule has 3 atom stereocenters. The molecule has 0 amide bonds. The molecule has 0 aliphatic carbocycles. The first kappa shape index (κ1) is 15.9. The summed E-state index contributed by atoms with van der Waals surface area (Å²) in [5.74, 6) is -1.37. The molecular weight excluding hydrogens is 224 g/mol. The molecule has 0 aromatic carbocycles. The SMILES string of the molecule is CC[C@@H](C)OC(=O)C[C@H](O)C(=O)O[C@@H](C)CC. The Morgan fingerprint density at radius 3 is 2.00 bits per heavy atom. The minimum Gasteiger partial charge on any atom is -0.463 e. The third kappa shape index (κ3) is 6.94. The molecule has 5 heteroatoms. The first-order valence-electron chi connectivity index (χ1n) is 5.98. The van der Waals surface area contributed by atoms with Gasteiger partial charge in [-0.1, -0.05) is 13.8 Å². The molecule has 0 rings (SSSR count). The predicted molar refractivity (Wildman–Crippen MR) is 62.3 cm³/mol. The van der Waals surface area contributed by atoms with Crippen LogP contribution in [0, 0.1) is 0 Å². The summed E-state index contributed by atoms with van der Waals surface area (Å²) in [6.07, 6.45) is -0.919. The van der Waals surface area contributed by atoms with Gasteiger partial charge in [-0.2, -0.15) is 0 Å². The van der Waals surface area contributed by atoms with Crippen molar-refractivity contribution in [3.05, 3.63) is 0 Å². The van der Waals surface area contributed by atoms with Crippen molar-refractivity contribution in [2.45, 2.75) is 65.3 Å². The first-order chi connectivity index (χ1) is 7.90. The van der Waals surface area contributed by atoms with Crippen LogP contribution in [0.3, 0.4) is 0 Å². The van der Waals surface area contributed by atoms with Crippen molar-refractivity contribution in [3.63, 3.8) is 0 Å². The lowest BCUT2D eigenvalue weighted by Gasteiger charge is -2.15. The maximum atomic E-state index is 11.3. The predicted octanol–water partition coefficient (Wildman–Crippen LogP) is 1.42. The van der Waals surface area contributed by atoms with E-state index in [1.165, 1.54) is 0 Å². The smallest absolute Gasteiger partial charge is 0.335 e. The third-order valence-corrected chi connectivity index (χ3v) is 2.43. The number of rotatable bonds is 7. The van der Waals surface area contributed by atoms with Gasteiger partial charge >= 0.3 is 11.9 Å². The monoisotopic (exact) mass is 246 g/mol. The van der Waals surface area contributed by atoms with E-state index in [0.29, 0.717) is 12.8 Å². The normalized spacial score (nSPS) is 15.8. The van der Waals surface area contributed by atoms with Gasteiger partial charge < -0.3 is 14.6 Å². The van der Waals surface area contributed by atoms with Crippen LogP contribution in [0.1, 0.15) is 47.0 Å². The summed E-state index contributed by atoms with van der Waals surface area (Å²) >= 11 is 0. The van der Waals surface area contributed by atoms with Gasteiger partial charge in [0.1, 0.15) is 0 Å². The highest BCUT2D eigenvalue weighted by molar-refractivity contribution is 5.81. The van der Waals surface area contributed by atoms with E-state index < -0.39 is 18.0 Å². The quantitative estimate of drug-likeness (QED) is 0.688. The maximum absolute atomic E-state index is 11.3. The number of hydrogen-bond acceptors (Lipinski definition) is 5. The van der Waals surface area contributed by atoms with Crippen LogP contribution in [0.2, 0.25) is 0 Å². The summed E-state index contributed by atoms with van der Waals surface area (Å²) in [6, 6.07) is 0. The zero-order valence-electron chi connectivity index (χ0n) is 10.9. The van der Waals surface area contributed by atoms with Crippen LogP contribution < -0.4 is 0 Å². The third-order valence-electron chi connectivity index (χ3n) is 2.43. The molecule has 0 radical (unpaired) electrons. The van der Waals surface area contributed by atoms with Crippen LogP contribution in [-0.2, 0) is 19.1 Å². The van der Waals surface area contributed by atoms with Crippen molar-refractivity contribution in [3.8, 4) is 0 Å². The van der Waals surface area contributed by atoms with Gasteiger partial charge in [0.25, 0.3) is 0 Å². The molecule has 0 saturated carbocycles. The Labute approximate surface area is 102 Å². The molecule has 0 aliphatic heterocycles. The number of esters is 2. The van der Waals surface area contributed by atoms with Crippen molar-refractivity contribution in [1.29, 1.82) is 0 Å². The molecular formula is C12H22O5. The fourth-order valence-corrected chi connectivity index (χ4v) is 0.957. The fourth-order valence-electron chi connectivity index (χ4n) is 0.957. The number of aliphatic hydroxyl groups is 1. The summed E-state index contributed by atoms with van der Waals surface area (Å²) in [5.41, 5.74) is 0. The highest BCUT2D eigenvalue weighted by Gasteiger charge is 2.23. The molecule has 0 aromatic heterocycles. The lowest BCUT2D eigenvalue weighted by Crippen LogP contribution is -2.30. The molecule has 0 aromatic rings. The highest BCUT2D eigenvalue weighted by Crippen LogP contribution is 2.05. The van der Waals surface area contributed by atoms with Crippen LogP contribution in [0.4, 0.5) is 0 Å². The van der Waals surface area contributed by atoms with Gasteiger partial charge in [0.05, 0.1) is 18.6 Å². The first-order valence-corrected chi connectivity index (χ1v) is 5.98. The molecule has 0 bridgehead atoms.